The number of thiophene rings is 1. The summed E-state index contributed by atoms with van der Waals surface area (Å²) in [6.45, 7) is 2.38. The van der Waals surface area contributed by atoms with Gasteiger partial charge in [-0.05, 0) is 49.4 Å². The Morgan fingerprint density at radius 2 is 2.10 bits per heavy atom. The van der Waals surface area contributed by atoms with Crippen molar-refractivity contribution in [3.8, 4) is 16.3 Å². The number of methoxy groups -OCH3 is 1. The topological polar surface area (TPSA) is 88.6 Å². The molecule has 164 valence electrons. The summed E-state index contributed by atoms with van der Waals surface area (Å²) >= 11 is 2.90. The quantitative estimate of drug-likeness (QED) is 0.556. The van der Waals surface area contributed by atoms with Crippen LogP contribution in [0, 0.1) is 0 Å². The van der Waals surface area contributed by atoms with Gasteiger partial charge in [-0.2, -0.15) is 4.31 Å². The molecule has 1 saturated heterocycles. The molecule has 0 aliphatic carbocycles. The molecular weight excluding hydrogens is 454 g/mol. The lowest BCUT2D eigenvalue weighted by Gasteiger charge is -2.32. The molecule has 1 N–H and O–H groups in total. The number of nitrogens with one attached hydrogen (secondary N) is 1. The SMILES string of the molecule is COc1ccc(C(=O)Nc2nc(-c3cccs3)cs2)cc1S(=O)(=O)N1CCCC[C@H]1C. The number of piperidine rings is 1. The standard InChI is InChI=1S/C21H23N3O4S3/c1-14-6-3-4-10-24(14)31(26,27)19-12-15(8-9-17(19)28-2)20(25)23-21-22-16(13-30-21)18-7-5-11-29-18/h5,7-9,11-14H,3-4,6,10H2,1-2H3,(H,22,23,25)/t14-/m1/s1. The fraction of sp³-hybridized carbons (Fsp3) is 0.333. The van der Waals surface area contributed by atoms with Crippen molar-refractivity contribution in [2.45, 2.75) is 37.1 Å². The zero-order valence-electron chi connectivity index (χ0n) is 17.2. The maximum Gasteiger partial charge on any atom is 0.257 e. The molecule has 1 aliphatic rings. The Balaban J connectivity index is 1.60. The van der Waals surface area contributed by atoms with E-state index in [4.69, 9.17) is 4.74 Å². The predicted molar refractivity (Wildman–Crippen MR) is 124 cm³/mol. The molecule has 0 bridgehead atoms. The van der Waals surface area contributed by atoms with Crippen molar-refractivity contribution in [3.63, 3.8) is 0 Å². The van der Waals surface area contributed by atoms with Crippen LogP contribution in [0.2, 0.25) is 0 Å². The third kappa shape index (κ3) is 4.52. The number of hydrogen-bond acceptors (Lipinski definition) is 7. The number of thiazole rings is 1. The van der Waals surface area contributed by atoms with E-state index < -0.39 is 15.9 Å². The molecule has 1 aromatic carbocycles. The number of hydrogen-bond donors (Lipinski definition) is 1. The Hall–Kier alpha value is -2.27. The minimum Gasteiger partial charge on any atom is -0.495 e. The highest BCUT2D eigenvalue weighted by atomic mass is 32.2. The number of ether oxygens (including phenoxy) is 1. The van der Waals surface area contributed by atoms with Gasteiger partial charge in [-0.15, -0.1) is 22.7 Å². The first-order valence-corrected chi connectivity index (χ1v) is 13.1. The highest BCUT2D eigenvalue weighted by molar-refractivity contribution is 7.89. The first-order chi connectivity index (χ1) is 14.9. The van der Waals surface area contributed by atoms with Crippen LogP contribution in [0.1, 0.15) is 36.5 Å². The van der Waals surface area contributed by atoms with E-state index in [1.807, 2.05) is 29.8 Å². The molecule has 3 heterocycles. The second-order valence-corrected chi connectivity index (χ2v) is 11.0. The van der Waals surface area contributed by atoms with Crippen molar-refractivity contribution in [2.24, 2.45) is 0 Å². The monoisotopic (exact) mass is 477 g/mol. The number of nitrogens with zero attached hydrogens (tertiary/aromatic N) is 2. The molecular formula is C21H23N3O4S3. The molecule has 1 aliphatic heterocycles. The molecule has 31 heavy (non-hydrogen) atoms. The lowest BCUT2D eigenvalue weighted by atomic mass is 10.1. The van der Waals surface area contributed by atoms with Gasteiger partial charge < -0.3 is 4.74 Å². The summed E-state index contributed by atoms with van der Waals surface area (Å²) in [6, 6.07) is 8.29. The van der Waals surface area contributed by atoms with Crippen molar-refractivity contribution in [1.82, 2.24) is 9.29 Å². The van der Waals surface area contributed by atoms with Crippen LogP contribution in [0.5, 0.6) is 5.75 Å². The zero-order valence-corrected chi connectivity index (χ0v) is 19.6. The summed E-state index contributed by atoms with van der Waals surface area (Å²) in [5.74, 6) is -0.193. The van der Waals surface area contributed by atoms with Gasteiger partial charge in [0, 0.05) is 23.5 Å². The second kappa shape index (κ2) is 9.07. The van der Waals surface area contributed by atoms with Crippen LogP contribution in [0.3, 0.4) is 0 Å². The summed E-state index contributed by atoms with van der Waals surface area (Å²) in [7, 11) is -2.37. The molecule has 0 spiro atoms. The van der Waals surface area contributed by atoms with E-state index in [0.717, 1.165) is 29.8 Å². The molecule has 10 heteroatoms. The van der Waals surface area contributed by atoms with Crippen LogP contribution < -0.4 is 10.1 Å². The van der Waals surface area contributed by atoms with Crippen LogP contribution in [-0.2, 0) is 10.0 Å². The minimum atomic E-state index is -3.79. The lowest BCUT2D eigenvalue weighted by Crippen LogP contribution is -2.42. The second-order valence-electron chi connectivity index (χ2n) is 7.30. The molecule has 0 saturated carbocycles. The third-order valence-electron chi connectivity index (χ3n) is 5.25. The third-order valence-corrected chi connectivity index (χ3v) is 8.94. The molecule has 3 aromatic rings. The molecule has 2 aromatic heterocycles. The van der Waals surface area contributed by atoms with Gasteiger partial charge in [0.05, 0.1) is 17.7 Å². The number of benzene rings is 1. The first kappa shape index (κ1) is 21.9. The Morgan fingerprint density at radius 3 is 2.81 bits per heavy atom. The summed E-state index contributed by atoms with van der Waals surface area (Å²) in [5.41, 5.74) is 1.03. The Bertz CT molecular complexity index is 1170. The Morgan fingerprint density at radius 1 is 1.26 bits per heavy atom. The van der Waals surface area contributed by atoms with Crippen molar-refractivity contribution in [3.05, 3.63) is 46.7 Å². The zero-order chi connectivity index (χ0) is 22.0. The van der Waals surface area contributed by atoms with Crippen LogP contribution >= 0.6 is 22.7 Å². The fourth-order valence-corrected chi connectivity index (χ4v) is 6.96. The number of sulfonamides is 1. The van der Waals surface area contributed by atoms with Crippen molar-refractivity contribution in [1.29, 1.82) is 0 Å². The number of amides is 1. The molecule has 7 nitrogen and oxygen atoms in total. The molecule has 1 amide bonds. The van der Waals surface area contributed by atoms with E-state index in [9.17, 15) is 13.2 Å². The Labute approximate surface area is 189 Å². The van der Waals surface area contributed by atoms with Gasteiger partial charge in [0.2, 0.25) is 10.0 Å². The van der Waals surface area contributed by atoms with Crippen molar-refractivity contribution < 1.29 is 17.9 Å². The number of carbonyl (C=O) groups is 1. The normalized spacial score (nSPS) is 17.4. The van der Waals surface area contributed by atoms with E-state index in [1.54, 1.807) is 17.4 Å². The first-order valence-electron chi connectivity index (χ1n) is 9.91. The maximum absolute atomic E-state index is 13.4. The lowest BCUT2D eigenvalue weighted by molar-refractivity contribution is 0.102. The number of aromatic nitrogens is 1. The van der Waals surface area contributed by atoms with E-state index >= 15 is 0 Å². The van der Waals surface area contributed by atoms with Crippen LogP contribution in [0.25, 0.3) is 10.6 Å². The minimum absolute atomic E-state index is 0.00909. The molecule has 0 radical (unpaired) electrons. The van der Waals surface area contributed by atoms with Gasteiger partial charge in [-0.3, -0.25) is 10.1 Å². The molecule has 1 atom stereocenters. The van der Waals surface area contributed by atoms with Crippen LogP contribution in [-0.4, -0.2) is 43.3 Å². The van der Waals surface area contributed by atoms with E-state index in [2.05, 4.69) is 10.3 Å². The van der Waals surface area contributed by atoms with Gasteiger partial charge in [-0.25, -0.2) is 13.4 Å². The molecule has 4 rings (SSSR count). The number of anilines is 1. The summed E-state index contributed by atoms with van der Waals surface area (Å²) in [4.78, 5) is 18.3. The van der Waals surface area contributed by atoms with E-state index in [-0.39, 0.29) is 22.3 Å². The van der Waals surface area contributed by atoms with Gasteiger partial charge in [0.1, 0.15) is 10.6 Å². The Kier molecular flexibility index (Phi) is 6.42. The van der Waals surface area contributed by atoms with Gasteiger partial charge in [0.15, 0.2) is 5.13 Å². The summed E-state index contributed by atoms with van der Waals surface area (Å²) in [5, 5.41) is 7.07. The number of carbonyl (C=O) groups excluding carboxylic acids is 1. The van der Waals surface area contributed by atoms with Gasteiger partial charge >= 0.3 is 0 Å². The van der Waals surface area contributed by atoms with Gasteiger partial charge in [-0.1, -0.05) is 12.5 Å². The van der Waals surface area contributed by atoms with Crippen molar-refractivity contribution >= 4 is 43.7 Å². The summed E-state index contributed by atoms with van der Waals surface area (Å²) < 4.78 is 33.5. The highest BCUT2D eigenvalue weighted by Crippen LogP contribution is 2.32. The highest BCUT2D eigenvalue weighted by Gasteiger charge is 2.33. The predicted octanol–water partition coefficient (Wildman–Crippen LogP) is 4.70. The summed E-state index contributed by atoms with van der Waals surface area (Å²) in [6.07, 6.45) is 2.65. The van der Waals surface area contributed by atoms with E-state index in [0.29, 0.717) is 11.7 Å². The van der Waals surface area contributed by atoms with Crippen LogP contribution in [0.15, 0.2) is 46.0 Å². The van der Waals surface area contributed by atoms with Crippen LogP contribution in [0.4, 0.5) is 5.13 Å². The molecule has 0 unspecified atom stereocenters. The molecule has 1 fully saturated rings. The number of rotatable bonds is 6. The largest absolute Gasteiger partial charge is 0.495 e. The van der Waals surface area contributed by atoms with E-state index in [1.165, 1.54) is 34.9 Å². The smallest absolute Gasteiger partial charge is 0.257 e. The average Bonchev–Trinajstić information content (AvgIpc) is 3.45. The maximum atomic E-state index is 13.4. The van der Waals surface area contributed by atoms with Crippen molar-refractivity contribution in [2.75, 3.05) is 19.0 Å². The average molecular weight is 478 g/mol. The fourth-order valence-electron chi connectivity index (χ4n) is 3.61. The van der Waals surface area contributed by atoms with Gasteiger partial charge in [0.25, 0.3) is 5.91 Å².